The topological polar surface area (TPSA) is 61.9 Å². The van der Waals surface area contributed by atoms with E-state index in [1.54, 1.807) is 0 Å². The highest BCUT2D eigenvalue weighted by Crippen LogP contribution is 2.48. The van der Waals surface area contributed by atoms with Crippen molar-refractivity contribution < 1.29 is 27.5 Å². The monoisotopic (exact) mass is 527 g/mol. The van der Waals surface area contributed by atoms with Crippen molar-refractivity contribution in [3.8, 4) is 0 Å². The Labute approximate surface area is 220 Å². The maximum atomic E-state index is 13.0. The third kappa shape index (κ3) is 4.49. The Bertz CT molecular complexity index is 1220. The van der Waals surface area contributed by atoms with Crippen LogP contribution in [0, 0.1) is 0 Å². The molecule has 1 spiro atoms. The second-order valence-electron chi connectivity index (χ2n) is 11.0. The number of carbonyl (C=O) groups excluding carboxylic acids is 2. The summed E-state index contributed by atoms with van der Waals surface area (Å²) in [5.41, 5.74) is 1.51. The second-order valence-corrected chi connectivity index (χ2v) is 11.0. The highest BCUT2D eigenvalue weighted by atomic mass is 19.4. The number of nitrogens with zero attached hydrogens (tertiary/aromatic N) is 2. The summed E-state index contributed by atoms with van der Waals surface area (Å²) in [6.45, 7) is 2.06. The molecule has 6 nitrogen and oxygen atoms in total. The van der Waals surface area contributed by atoms with Gasteiger partial charge in [0.05, 0.1) is 24.3 Å². The van der Waals surface area contributed by atoms with E-state index < -0.39 is 17.6 Å². The van der Waals surface area contributed by atoms with E-state index >= 15 is 0 Å². The molecule has 0 unspecified atom stereocenters. The summed E-state index contributed by atoms with van der Waals surface area (Å²) >= 11 is 0. The molecule has 0 bridgehead atoms. The zero-order valence-corrected chi connectivity index (χ0v) is 21.2. The van der Waals surface area contributed by atoms with Gasteiger partial charge in [0.25, 0.3) is 5.91 Å². The summed E-state index contributed by atoms with van der Waals surface area (Å²) in [6.07, 6.45) is 1.42. The summed E-state index contributed by atoms with van der Waals surface area (Å²) in [5.74, 6) is -0.863. The van der Waals surface area contributed by atoms with E-state index in [-0.39, 0.29) is 29.7 Å². The van der Waals surface area contributed by atoms with E-state index in [9.17, 15) is 22.8 Å². The Hall–Kier alpha value is -2.91. The molecule has 6 rings (SSSR count). The second kappa shape index (κ2) is 9.68. The summed E-state index contributed by atoms with van der Waals surface area (Å²) in [5, 5.41) is 2.52. The van der Waals surface area contributed by atoms with Gasteiger partial charge in [0.2, 0.25) is 5.91 Å². The van der Waals surface area contributed by atoms with Gasteiger partial charge in [0, 0.05) is 36.8 Å². The standard InChI is InChI=1S/C29H32F3N3O3/c30-29(31,32)21-6-3-5-19(16-21)27(37)33-17-26(36)35-15-11-24-25(35)10-14-34(24)22-8-12-28(13-9-22)23-7-2-1-4-20(23)18-38-28/h1-7,16,22,24-25H,8-15,17-18H2,(H,33,37)/t22?,24-,25-,28?/m0/s1. The molecule has 1 N–H and O–H groups in total. The zero-order valence-electron chi connectivity index (χ0n) is 21.2. The Morgan fingerprint density at radius 3 is 2.53 bits per heavy atom. The van der Waals surface area contributed by atoms with Gasteiger partial charge in [-0.3, -0.25) is 14.5 Å². The summed E-state index contributed by atoms with van der Waals surface area (Å²) in [4.78, 5) is 29.9. The van der Waals surface area contributed by atoms with Gasteiger partial charge in [-0.15, -0.1) is 0 Å². The molecule has 1 saturated carbocycles. The average molecular weight is 528 g/mol. The van der Waals surface area contributed by atoms with Crippen molar-refractivity contribution >= 4 is 11.8 Å². The van der Waals surface area contributed by atoms with E-state index in [4.69, 9.17) is 4.74 Å². The molecule has 2 aromatic rings. The number of rotatable bonds is 4. The number of likely N-dealkylation sites (tertiary alicyclic amines) is 2. The van der Waals surface area contributed by atoms with Crippen LogP contribution in [0.15, 0.2) is 48.5 Å². The van der Waals surface area contributed by atoms with Gasteiger partial charge in [0.1, 0.15) is 0 Å². The van der Waals surface area contributed by atoms with E-state index in [1.807, 2.05) is 4.90 Å². The third-order valence-electron chi connectivity index (χ3n) is 9.04. The van der Waals surface area contributed by atoms with Crippen molar-refractivity contribution in [2.24, 2.45) is 0 Å². The molecule has 4 aliphatic rings. The average Bonchev–Trinajstić information content (AvgIpc) is 3.62. The van der Waals surface area contributed by atoms with Gasteiger partial charge < -0.3 is 15.0 Å². The lowest BCUT2D eigenvalue weighted by atomic mass is 9.77. The molecule has 38 heavy (non-hydrogen) atoms. The van der Waals surface area contributed by atoms with Crippen molar-refractivity contribution in [1.82, 2.24) is 15.1 Å². The predicted octanol–water partition coefficient (Wildman–Crippen LogP) is 4.48. The normalized spacial score (nSPS) is 28.9. The number of hydrogen-bond donors (Lipinski definition) is 1. The molecular formula is C29H32F3N3O3. The first-order valence-corrected chi connectivity index (χ1v) is 13.5. The Balaban J connectivity index is 1.03. The first-order chi connectivity index (χ1) is 18.2. The molecule has 3 heterocycles. The number of amides is 2. The van der Waals surface area contributed by atoms with Crippen LogP contribution in [0.3, 0.4) is 0 Å². The molecule has 2 saturated heterocycles. The van der Waals surface area contributed by atoms with Crippen LogP contribution in [0.1, 0.15) is 65.6 Å². The Kier molecular flexibility index (Phi) is 6.46. The SMILES string of the molecule is O=C(NCC(=O)N1CC[C@H]2[C@@H]1CCN2C1CCC2(CC1)OCc1ccccc12)c1cccc(C(F)(F)F)c1. The largest absolute Gasteiger partial charge is 0.416 e. The number of halogens is 3. The van der Waals surface area contributed by atoms with Crippen LogP contribution < -0.4 is 5.32 Å². The lowest BCUT2D eigenvalue weighted by molar-refractivity contribution is -0.137. The maximum Gasteiger partial charge on any atom is 0.416 e. The van der Waals surface area contributed by atoms with Crippen molar-refractivity contribution in [3.05, 3.63) is 70.8 Å². The summed E-state index contributed by atoms with van der Waals surface area (Å²) < 4.78 is 45.3. The van der Waals surface area contributed by atoms with Crippen LogP contribution in [-0.2, 0) is 27.9 Å². The van der Waals surface area contributed by atoms with Crippen LogP contribution in [0.2, 0.25) is 0 Å². The molecule has 202 valence electrons. The van der Waals surface area contributed by atoms with Crippen molar-refractivity contribution in [1.29, 1.82) is 0 Å². The molecule has 9 heteroatoms. The molecular weight excluding hydrogens is 495 g/mol. The zero-order chi connectivity index (χ0) is 26.5. The van der Waals surface area contributed by atoms with E-state index in [2.05, 4.69) is 34.5 Å². The van der Waals surface area contributed by atoms with Crippen LogP contribution in [0.5, 0.6) is 0 Å². The van der Waals surface area contributed by atoms with Crippen LogP contribution >= 0.6 is 0 Å². The third-order valence-corrected chi connectivity index (χ3v) is 9.04. The summed E-state index contributed by atoms with van der Waals surface area (Å²) in [7, 11) is 0. The highest BCUT2D eigenvalue weighted by molar-refractivity contribution is 5.96. The number of alkyl halides is 3. The van der Waals surface area contributed by atoms with E-state index in [1.165, 1.54) is 23.3 Å². The van der Waals surface area contributed by atoms with Gasteiger partial charge in [-0.1, -0.05) is 30.3 Å². The number of fused-ring (bicyclic) bond motifs is 3. The summed E-state index contributed by atoms with van der Waals surface area (Å²) in [6, 6.07) is 13.7. The smallest absolute Gasteiger partial charge is 0.366 e. The fraction of sp³-hybridized carbons (Fsp3) is 0.517. The minimum Gasteiger partial charge on any atom is -0.366 e. The van der Waals surface area contributed by atoms with E-state index in [0.717, 1.165) is 57.2 Å². The molecule has 2 aromatic carbocycles. The van der Waals surface area contributed by atoms with Crippen LogP contribution in [0.25, 0.3) is 0 Å². The lowest BCUT2D eigenvalue weighted by Gasteiger charge is -2.42. The minimum atomic E-state index is -4.53. The van der Waals surface area contributed by atoms with Gasteiger partial charge in [0.15, 0.2) is 0 Å². The number of benzene rings is 2. The molecule has 3 aliphatic heterocycles. The van der Waals surface area contributed by atoms with Gasteiger partial charge in [-0.05, 0) is 67.9 Å². The molecule has 0 radical (unpaired) electrons. The molecule has 2 atom stereocenters. The Morgan fingerprint density at radius 1 is 0.974 bits per heavy atom. The molecule has 2 amide bonds. The number of carbonyl (C=O) groups is 2. The highest BCUT2D eigenvalue weighted by Gasteiger charge is 2.49. The predicted molar refractivity (Wildman–Crippen MR) is 134 cm³/mol. The first kappa shape index (κ1) is 25.4. The first-order valence-electron chi connectivity index (χ1n) is 13.5. The van der Waals surface area contributed by atoms with Crippen LogP contribution in [-0.4, -0.2) is 59.4 Å². The van der Waals surface area contributed by atoms with Crippen molar-refractivity contribution in [2.45, 2.75) is 75.0 Å². The Morgan fingerprint density at radius 2 is 1.74 bits per heavy atom. The maximum absolute atomic E-state index is 13.0. The van der Waals surface area contributed by atoms with Gasteiger partial charge in [-0.25, -0.2) is 0 Å². The number of nitrogens with one attached hydrogen (secondary N) is 1. The number of hydrogen-bond acceptors (Lipinski definition) is 4. The number of ether oxygens (including phenoxy) is 1. The minimum absolute atomic E-state index is 0.108. The van der Waals surface area contributed by atoms with Gasteiger partial charge in [-0.2, -0.15) is 13.2 Å². The fourth-order valence-corrected chi connectivity index (χ4v) is 7.18. The van der Waals surface area contributed by atoms with Gasteiger partial charge >= 0.3 is 6.18 Å². The van der Waals surface area contributed by atoms with E-state index in [0.29, 0.717) is 25.2 Å². The quantitative estimate of drug-likeness (QED) is 0.637. The van der Waals surface area contributed by atoms with Crippen molar-refractivity contribution in [2.75, 3.05) is 19.6 Å². The van der Waals surface area contributed by atoms with Crippen LogP contribution in [0.4, 0.5) is 13.2 Å². The molecule has 1 aliphatic carbocycles. The fourth-order valence-electron chi connectivity index (χ4n) is 7.18. The van der Waals surface area contributed by atoms with Crippen molar-refractivity contribution in [3.63, 3.8) is 0 Å². The molecule has 3 fully saturated rings. The lowest BCUT2D eigenvalue weighted by Crippen LogP contribution is -2.47. The molecule has 0 aromatic heterocycles.